The van der Waals surface area contributed by atoms with Crippen LogP contribution in [0.25, 0.3) is 0 Å². The highest BCUT2D eigenvalue weighted by molar-refractivity contribution is 5.05. The Hall–Kier alpha value is -1.55. The highest BCUT2D eigenvalue weighted by Gasteiger charge is 2.00. The normalized spacial score (nSPS) is 10.7. The summed E-state index contributed by atoms with van der Waals surface area (Å²) in [5, 5.41) is 7.55. The summed E-state index contributed by atoms with van der Waals surface area (Å²) in [5.74, 6) is 0. The second-order valence-corrected chi connectivity index (χ2v) is 3.37. The molecule has 4 nitrogen and oxygen atoms in total. The first-order chi connectivity index (χ1) is 7.40. The van der Waals surface area contributed by atoms with E-state index < -0.39 is 0 Å². The molecule has 0 spiro atoms. The molecule has 2 heterocycles. The quantitative estimate of drug-likeness (QED) is 0.809. The third-order valence-corrected chi connectivity index (χ3v) is 2.32. The van der Waals surface area contributed by atoms with Gasteiger partial charge in [-0.2, -0.15) is 5.10 Å². The van der Waals surface area contributed by atoms with Crippen LogP contribution in [0.15, 0.2) is 35.3 Å². The lowest BCUT2D eigenvalue weighted by atomic mass is 10.3. The van der Waals surface area contributed by atoms with Crippen molar-refractivity contribution in [2.45, 2.75) is 26.6 Å². The number of furan rings is 1. The van der Waals surface area contributed by atoms with E-state index in [9.17, 15) is 0 Å². The monoisotopic (exact) mass is 205 g/mol. The number of hydrogen-bond donors (Lipinski definition) is 1. The number of hydrogen-bond acceptors (Lipinski definition) is 3. The van der Waals surface area contributed by atoms with E-state index >= 15 is 0 Å². The largest absolute Gasteiger partial charge is 0.472 e. The third-order valence-electron chi connectivity index (χ3n) is 2.32. The van der Waals surface area contributed by atoms with Gasteiger partial charge in [0.2, 0.25) is 0 Å². The molecule has 15 heavy (non-hydrogen) atoms. The minimum Gasteiger partial charge on any atom is -0.472 e. The predicted octanol–water partition coefficient (Wildman–Crippen LogP) is 1.79. The molecule has 0 aliphatic heterocycles. The Morgan fingerprint density at radius 3 is 3.07 bits per heavy atom. The Balaban J connectivity index is 1.83. The van der Waals surface area contributed by atoms with Gasteiger partial charge in [0.25, 0.3) is 0 Å². The average molecular weight is 205 g/mol. The van der Waals surface area contributed by atoms with E-state index in [1.54, 1.807) is 12.5 Å². The summed E-state index contributed by atoms with van der Waals surface area (Å²) in [6.45, 7) is 4.66. The number of rotatable bonds is 5. The second kappa shape index (κ2) is 4.79. The predicted molar refractivity (Wildman–Crippen MR) is 57.2 cm³/mol. The fraction of sp³-hybridized carbons (Fsp3) is 0.364. The van der Waals surface area contributed by atoms with Crippen LogP contribution in [-0.4, -0.2) is 9.78 Å². The van der Waals surface area contributed by atoms with E-state index in [2.05, 4.69) is 17.3 Å². The zero-order valence-corrected chi connectivity index (χ0v) is 8.81. The summed E-state index contributed by atoms with van der Waals surface area (Å²) in [6, 6.07) is 4.00. The van der Waals surface area contributed by atoms with Gasteiger partial charge >= 0.3 is 0 Å². The summed E-state index contributed by atoms with van der Waals surface area (Å²) < 4.78 is 6.98. The minimum atomic E-state index is 0.825. The molecule has 80 valence electrons. The van der Waals surface area contributed by atoms with E-state index in [1.807, 2.05) is 23.0 Å². The Morgan fingerprint density at radius 1 is 1.40 bits per heavy atom. The van der Waals surface area contributed by atoms with Crippen LogP contribution in [0.3, 0.4) is 0 Å². The van der Waals surface area contributed by atoms with Crippen molar-refractivity contribution in [3.8, 4) is 0 Å². The van der Waals surface area contributed by atoms with Crippen LogP contribution in [0, 0.1) is 0 Å². The summed E-state index contributed by atoms with van der Waals surface area (Å²) in [6.07, 6.45) is 5.27. The molecular formula is C11H15N3O. The maximum absolute atomic E-state index is 4.99. The first kappa shape index (κ1) is 9.98. The van der Waals surface area contributed by atoms with E-state index in [0.29, 0.717) is 0 Å². The van der Waals surface area contributed by atoms with Crippen molar-refractivity contribution in [1.29, 1.82) is 0 Å². The first-order valence-electron chi connectivity index (χ1n) is 5.12. The fourth-order valence-electron chi connectivity index (χ4n) is 1.52. The van der Waals surface area contributed by atoms with Crippen LogP contribution in [0.4, 0.5) is 0 Å². The Morgan fingerprint density at radius 2 is 2.33 bits per heavy atom. The van der Waals surface area contributed by atoms with Crippen molar-refractivity contribution in [2.75, 3.05) is 0 Å². The van der Waals surface area contributed by atoms with Gasteiger partial charge in [-0.3, -0.25) is 4.68 Å². The van der Waals surface area contributed by atoms with Crippen LogP contribution in [-0.2, 0) is 19.6 Å². The van der Waals surface area contributed by atoms with Gasteiger partial charge in [-0.1, -0.05) is 0 Å². The van der Waals surface area contributed by atoms with Gasteiger partial charge in [-0.15, -0.1) is 0 Å². The Labute approximate surface area is 88.9 Å². The van der Waals surface area contributed by atoms with Crippen LogP contribution < -0.4 is 5.32 Å². The highest BCUT2D eigenvalue weighted by Crippen LogP contribution is 2.01. The standard InChI is InChI=1S/C11H15N3O/c1-2-14-11(3-5-13-14)8-12-7-10-4-6-15-9-10/h3-6,9,12H,2,7-8H2,1H3. The van der Waals surface area contributed by atoms with Gasteiger partial charge in [0.1, 0.15) is 0 Å². The minimum absolute atomic E-state index is 0.825. The topological polar surface area (TPSA) is 43.0 Å². The molecule has 0 aliphatic carbocycles. The van der Waals surface area contributed by atoms with Crippen LogP contribution in [0.5, 0.6) is 0 Å². The number of aromatic nitrogens is 2. The first-order valence-corrected chi connectivity index (χ1v) is 5.12. The van der Waals surface area contributed by atoms with Gasteiger partial charge < -0.3 is 9.73 Å². The lowest BCUT2D eigenvalue weighted by Crippen LogP contribution is -2.15. The average Bonchev–Trinajstić information content (AvgIpc) is 2.88. The van der Waals surface area contributed by atoms with Crippen molar-refractivity contribution in [2.24, 2.45) is 0 Å². The second-order valence-electron chi connectivity index (χ2n) is 3.37. The Kier molecular flexibility index (Phi) is 3.19. The maximum atomic E-state index is 4.99. The summed E-state index contributed by atoms with van der Waals surface area (Å²) in [5.41, 5.74) is 2.37. The van der Waals surface area contributed by atoms with E-state index in [4.69, 9.17) is 4.42 Å². The molecule has 2 rings (SSSR count). The van der Waals surface area contributed by atoms with Gasteiger partial charge in [0.05, 0.1) is 18.2 Å². The van der Waals surface area contributed by atoms with Crippen molar-refractivity contribution >= 4 is 0 Å². The fourth-order valence-corrected chi connectivity index (χ4v) is 1.52. The van der Waals surface area contributed by atoms with Gasteiger partial charge in [-0.05, 0) is 19.1 Å². The molecule has 0 aliphatic rings. The number of nitrogens with one attached hydrogen (secondary N) is 1. The van der Waals surface area contributed by atoms with Crippen LogP contribution in [0.2, 0.25) is 0 Å². The molecule has 0 bridgehead atoms. The summed E-state index contributed by atoms with van der Waals surface area (Å²) >= 11 is 0. The molecule has 0 saturated carbocycles. The molecule has 0 atom stereocenters. The van der Waals surface area contributed by atoms with E-state index in [1.165, 1.54) is 5.69 Å². The zero-order valence-electron chi connectivity index (χ0n) is 8.81. The number of aryl methyl sites for hydroxylation is 1. The van der Waals surface area contributed by atoms with Gasteiger partial charge in [-0.25, -0.2) is 0 Å². The van der Waals surface area contributed by atoms with Crippen molar-refractivity contribution in [1.82, 2.24) is 15.1 Å². The molecule has 0 radical (unpaired) electrons. The van der Waals surface area contributed by atoms with E-state index in [-0.39, 0.29) is 0 Å². The summed E-state index contributed by atoms with van der Waals surface area (Å²) in [4.78, 5) is 0. The van der Waals surface area contributed by atoms with Crippen molar-refractivity contribution in [3.05, 3.63) is 42.1 Å². The van der Waals surface area contributed by atoms with Crippen molar-refractivity contribution < 1.29 is 4.42 Å². The molecule has 4 heteroatoms. The molecule has 1 N–H and O–H groups in total. The van der Waals surface area contributed by atoms with Crippen molar-refractivity contribution in [3.63, 3.8) is 0 Å². The van der Waals surface area contributed by atoms with Gasteiger partial charge in [0.15, 0.2) is 0 Å². The molecule has 2 aromatic rings. The highest BCUT2D eigenvalue weighted by atomic mass is 16.3. The summed E-state index contributed by atoms with van der Waals surface area (Å²) in [7, 11) is 0. The zero-order chi connectivity index (χ0) is 10.5. The molecule has 0 amide bonds. The molecule has 2 aromatic heterocycles. The SMILES string of the molecule is CCn1nccc1CNCc1ccoc1. The lowest BCUT2D eigenvalue weighted by Gasteiger charge is -2.05. The smallest absolute Gasteiger partial charge is 0.0947 e. The number of nitrogens with zero attached hydrogens (tertiary/aromatic N) is 2. The molecule has 0 aromatic carbocycles. The van der Waals surface area contributed by atoms with E-state index in [0.717, 1.165) is 25.2 Å². The van der Waals surface area contributed by atoms with Crippen LogP contribution in [0.1, 0.15) is 18.2 Å². The molecule has 0 saturated heterocycles. The lowest BCUT2D eigenvalue weighted by molar-refractivity contribution is 0.555. The Bertz CT molecular complexity index is 392. The molecular weight excluding hydrogens is 190 g/mol. The molecule has 0 unspecified atom stereocenters. The third kappa shape index (κ3) is 2.47. The molecule has 0 fully saturated rings. The van der Waals surface area contributed by atoms with Gasteiger partial charge in [0, 0.05) is 31.4 Å². The van der Waals surface area contributed by atoms with Crippen LogP contribution >= 0.6 is 0 Å². The maximum Gasteiger partial charge on any atom is 0.0947 e.